The quantitative estimate of drug-likeness (QED) is 0.338. The number of benzene rings is 3. The lowest BCUT2D eigenvalue weighted by molar-refractivity contribution is -0.139. The van der Waals surface area contributed by atoms with Crippen molar-refractivity contribution in [3.05, 3.63) is 90.5 Å². The molecule has 0 heterocycles. The summed E-state index contributed by atoms with van der Waals surface area (Å²) in [6, 6.07) is 23.1. The van der Waals surface area contributed by atoms with Gasteiger partial charge in [0, 0.05) is 13.1 Å². The average molecular weight is 552 g/mol. The van der Waals surface area contributed by atoms with Gasteiger partial charge in [-0.25, -0.2) is 8.42 Å². The molecular weight excluding hydrogens is 514 g/mol. The Hall–Kier alpha value is -3.85. The fourth-order valence-electron chi connectivity index (χ4n) is 3.99. The zero-order chi connectivity index (χ0) is 28.4. The van der Waals surface area contributed by atoms with Crippen LogP contribution in [0.2, 0.25) is 0 Å². The van der Waals surface area contributed by atoms with E-state index in [1.165, 1.54) is 17.0 Å². The van der Waals surface area contributed by atoms with Gasteiger partial charge >= 0.3 is 0 Å². The normalized spacial score (nSPS) is 12.0. The largest absolute Gasteiger partial charge is 0.492 e. The summed E-state index contributed by atoms with van der Waals surface area (Å²) >= 11 is 0. The van der Waals surface area contributed by atoms with E-state index in [-0.39, 0.29) is 29.0 Å². The summed E-state index contributed by atoms with van der Waals surface area (Å²) in [7, 11) is -4.16. The Balaban J connectivity index is 2.03. The van der Waals surface area contributed by atoms with Gasteiger partial charge in [-0.1, -0.05) is 74.5 Å². The maximum atomic E-state index is 14.0. The molecule has 0 radical (unpaired) electrons. The van der Waals surface area contributed by atoms with E-state index in [0.29, 0.717) is 18.9 Å². The number of amides is 2. The van der Waals surface area contributed by atoms with Crippen LogP contribution >= 0.6 is 0 Å². The number of sulfonamides is 1. The lowest BCUT2D eigenvalue weighted by atomic mass is 10.1. The van der Waals surface area contributed by atoms with Crippen molar-refractivity contribution in [3.8, 4) is 5.75 Å². The van der Waals surface area contributed by atoms with E-state index >= 15 is 0 Å². The van der Waals surface area contributed by atoms with E-state index in [1.54, 1.807) is 56.3 Å². The summed E-state index contributed by atoms with van der Waals surface area (Å²) in [4.78, 5) is 28.5. The molecular formula is C30H37N3O5S. The number of rotatable bonds is 13. The highest BCUT2D eigenvalue weighted by Gasteiger charge is 2.33. The topological polar surface area (TPSA) is 96.0 Å². The average Bonchev–Trinajstić information content (AvgIpc) is 2.94. The highest BCUT2D eigenvalue weighted by atomic mass is 32.2. The number of para-hydroxylation sites is 2. The lowest BCUT2D eigenvalue weighted by Gasteiger charge is -2.32. The van der Waals surface area contributed by atoms with Gasteiger partial charge in [-0.05, 0) is 49.6 Å². The van der Waals surface area contributed by atoms with Crippen LogP contribution in [0.25, 0.3) is 0 Å². The van der Waals surface area contributed by atoms with Gasteiger partial charge in [-0.15, -0.1) is 0 Å². The van der Waals surface area contributed by atoms with Crippen molar-refractivity contribution in [2.75, 3.05) is 24.0 Å². The Bertz CT molecular complexity index is 1330. The number of nitrogens with one attached hydrogen (secondary N) is 1. The number of hydrogen-bond acceptors (Lipinski definition) is 5. The molecule has 3 aromatic rings. The Morgan fingerprint density at radius 3 is 2.08 bits per heavy atom. The zero-order valence-corrected chi connectivity index (χ0v) is 23.7. The molecule has 1 N–H and O–H groups in total. The second-order valence-corrected chi connectivity index (χ2v) is 11.4. The summed E-state index contributed by atoms with van der Waals surface area (Å²) in [6.07, 6.45) is 0. The maximum absolute atomic E-state index is 14.0. The van der Waals surface area contributed by atoms with E-state index in [2.05, 4.69) is 5.32 Å². The summed E-state index contributed by atoms with van der Waals surface area (Å²) < 4.78 is 34.6. The molecule has 0 aliphatic rings. The number of anilines is 1. The molecule has 9 heteroatoms. The van der Waals surface area contributed by atoms with E-state index in [9.17, 15) is 18.0 Å². The van der Waals surface area contributed by atoms with E-state index < -0.39 is 28.5 Å². The number of hydrogen-bond donors (Lipinski definition) is 1. The number of nitrogens with zero attached hydrogens (tertiary/aromatic N) is 2. The van der Waals surface area contributed by atoms with Crippen molar-refractivity contribution >= 4 is 27.5 Å². The van der Waals surface area contributed by atoms with E-state index in [4.69, 9.17) is 4.74 Å². The third-order valence-corrected chi connectivity index (χ3v) is 7.87. The molecule has 8 nitrogen and oxygen atoms in total. The third kappa shape index (κ3) is 7.83. The lowest BCUT2D eigenvalue weighted by Crippen LogP contribution is -2.51. The van der Waals surface area contributed by atoms with Gasteiger partial charge in [0.25, 0.3) is 10.0 Å². The first kappa shape index (κ1) is 29.7. The summed E-state index contributed by atoms with van der Waals surface area (Å²) in [5, 5.41) is 2.89. The first-order chi connectivity index (χ1) is 18.6. The van der Waals surface area contributed by atoms with Gasteiger partial charge in [0.1, 0.15) is 18.3 Å². The fourth-order valence-corrected chi connectivity index (χ4v) is 5.43. The van der Waals surface area contributed by atoms with Crippen molar-refractivity contribution in [1.29, 1.82) is 0 Å². The van der Waals surface area contributed by atoms with Crippen LogP contribution in [0.3, 0.4) is 0 Å². The van der Waals surface area contributed by atoms with Gasteiger partial charge in [-0.3, -0.25) is 13.9 Å². The van der Waals surface area contributed by atoms with Crippen LogP contribution in [-0.4, -0.2) is 50.9 Å². The van der Waals surface area contributed by atoms with Gasteiger partial charge in [0.2, 0.25) is 11.8 Å². The molecule has 0 spiro atoms. The molecule has 0 aromatic heterocycles. The molecule has 3 rings (SSSR count). The predicted molar refractivity (Wildman–Crippen MR) is 153 cm³/mol. The first-order valence-corrected chi connectivity index (χ1v) is 14.5. The van der Waals surface area contributed by atoms with Crippen molar-refractivity contribution in [2.24, 2.45) is 5.92 Å². The molecule has 2 amide bonds. The van der Waals surface area contributed by atoms with Crippen molar-refractivity contribution in [3.63, 3.8) is 0 Å². The third-order valence-electron chi connectivity index (χ3n) is 6.09. The summed E-state index contributed by atoms with van der Waals surface area (Å²) in [5.41, 5.74) is 1.06. The molecule has 0 bridgehead atoms. The first-order valence-electron chi connectivity index (χ1n) is 13.1. The fraction of sp³-hybridized carbons (Fsp3) is 0.333. The Morgan fingerprint density at radius 2 is 1.46 bits per heavy atom. The standard InChI is InChI=1S/C30H37N3O5S/c1-5-38-28-19-13-12-18-27(28)33(39(36,37)26-16-10-7-11-17-26)22-29(34)32(21-25-14-8-6-9-15-25)24(4)30(35)31-20-23(2)3/h6-19,23-24H,5,20-22H2,1-4H3,(H,31,35)/t24-/m0/s1. The second kappa shape index (κ2) is 13.8. The van der Waals surface area contributed by atoms with Gasteiger partial charge < -0.3 is 15.0 Å². The van der Waals surface area contributed by atoms with Gasteiger partial charge in [0.15, 0.2) is 0 Å². The van der Waals surface area contributed by atoms with Crippen LogP contribution in [0.15, 0.2) is 89.8 Å². The zero-order valence-electron chi connectivity index (χ0n) is 22.9. The molecule has 0 aliphatic carbocycles. The summed E-state index contributed by atoms with van der Waals surface area (Å²) in [5.74, 6) is -0.248. The SMILES string of the molecule is CCOc1ccccc1N(CC(=O)N(Cc1ccccc1)[C@@H](C)C(=O)NCC(C)C)S(=O)(=O)c1ccccc1. The monoisotopic (exact) mass is 551 g/mol. The minimum absolute atomic E-state index is 0.0430. The number of ether oxygens (including phenoxy) is 1. The Morgan fingerprint density at radius 1 is 0.872 bits per heavy atom. The van der Waals surface area contributed by atoms with Crippen LogP contribution in [0.1, 0.15) is 33.3 Å². The molecule has 0 saturated heterocycles. The van der Waals surface area contributed by atoms with Crippen LogP contribution in [0.5, 0.6) is 5.75 Å². The number of carbonyl (C=O) groups is 2. The number of carbonyl (C=O) groups excluding carboxylic acids is 2. The van der Waals surface area contributed by atoms with Crippen LogP contribution in [0, 0.1) is 5.92 Å². The highest BCUT2D eigenvalue weighted by molar-refractivity contribution is 7.92. The van der Waals surface area contributed by atoms with Crippen LogP contribution in [0.4, 0.5) is 5.69 Å². The molecule has 0 saturated carbocycles. The smallest absolute Gasteiger partial charge is 0.264 e. The minimum atomic E-state index is -4.16. The van der Waals surface area contributed by atoms with Crippen LogP contribution < -0.4 is 14.4 Å². The molecule has 0 unspecified atom stereocenters. The molecule has 0 aliphatic heterocycles. The molecule has 3 aromatic carbocycles. The minimum Gasteiger partial charge on any atom is -0.492 e. The van der Waals surface area contributed by atoms with Crippen molar-refractivity contribution in [1.82, 2.24) is 10.2 Å². The molecule has 1 atom stereocenters. The van der Waals surface area contributed by atoms with Crippen LogP contribution in [-0.2, 0) is 26.2 Å². The second-order valence-electron chi connectivity index (χ2n) is 9.55. The summed E-state index contributed by atoms with van der Waals surface area (Å²) in [6.45, 7) is 7.83. The maximum Gasteiger partial charge on any atom is 0.264 e. The van der Waals surface area contributed by atoms with E-state index in [1.807, 2.05) is 44.2 Å². The molecule has 0 fully saturated rings. The van der Waals surface area contributed by atoms with Gasteiger partial charge in [-0.2, -0.15) is 0 Å². The predicted octanol–water partition coefficient (Wildman–Crippen LogP) is 4.47. The molecule has 39 heavy (non-hydrogen) atoms. The van der Waals surface area contributed by atoms with E-state index in [0.717, 1.165) is 9.87 Å². The van der Waals surface area contributed by atoms with Crippen molar-refractivity contribution in [2.45, 2.75) is 45.2 Å². The highest BCUT2D eigenvalue weighted by Crippen LogP contribution is 2.32. The van der Waals surface area contributed by atoms with Gasteiger partial charge in [0.05, 0.1) is 17.2 Å². The van der Waals surface area contributed by atoms with Crippen molar-refractivity contribution < 1.29 is 22.7 Å². The Labute approximate surface area is 231 Å². The molecule has 208 valence electrons. The Kier molecular flexibility index (Phi) is 10.5.